The van der Waals surface area contributed by atoms with Gasteiger partial charge in [-0.1, -0.05) is 49.2 Å². The fourth-order valence-corrected chi connectivity index (χ4v) is 4.10. The van der Waals surface area contributed by atoms with Gasteiger partial charge in [0.05, 0.1) is 34.8 Å². The molecule has 0 saturated heterocycles. The summed E-state index contributed by atoms with van der Waals surface area (Å²) in [5.41, 5.74) is 9.62. The van der Waals surface area contributed by atoms with Crippen molar-refractivity contribution in [2.45, 2.75) is 52.0 Å². The summed E-state index contributed by atoms with van der Waals surface area (Å²) in [6.45, 7) is 6.35. The highest BCUT2D eigenvalue weighted by Crippen LogP contribution is 2.37. The quantitative estimate of drug-likeness (QED) is 0.376. The van der Waals surface area contributed by atoms with Crippen LogP contribution in [-0.2, 0) is 16.8 Å². The molecule has 0 aliphatic carbocycles. The number of hydrogen-bond acceptors (Lipinski definition) is 8. The van der Waals surface area contributed by atoms with Gasteiger partial charge < -0.3 is 15.2 Å². The van der Waals surface area contributed by atoms with Crippen molar-refractivity contribution < 1.29 is 9.32 Å². The second-order valence-corrected chi connectivity index (χ2v) is 9.38. The van der Waals surface area contributed by atoms with Crippen molar-refractivity contribution in [1.29, 1.82) is 0 Å². The number of likely N-dealkylation sites (N-methyl/N-ethyl adjacent to an activating group) is 1. The van der Waals surface area contributed by atoms with Crippen molar-refractivity contribution in [2.24, 2.45) is 0 Å². The van der Waals surface area contributed by atoms with E-state index in [-0.39, 0.29) is 12.5 Å². The van der Waals surface area contributed by atoms with Crippen LogP contribution in [0.25, 0.3) is 22.7 Å². The van der Waals surface area contributed by atoms with Crippen LogP contribution in [0, 0.1) is 6.92 Å². The van der Waals surface area contributed by atoms with Gasteiger partial charge in [-0.3, -0.25) is 14.5 Å². The Balaban J connectivity index is 1.62. The first kappa shape index (κ1) is 25.0. The van der Waals surface area contributed by atoms with E-state index in [4.69, 9.17) is 15.2 Å². The van der Waals surface area contributed by atoms with E-state index in [0.717, 1.165) is 41.8 Å². The van der Waals surface area contributed by atoms with Gasteiger partial charge in [-0.05, 0) is 25.8 Å². The molecule has 10 nitrogen and oxygen atoms in total. The summed E-state index contributed by atoms with van der Waals surface area (Å²) in [7, 11) is 3.43. The third-order valence-electron chi connectivity index (χ3n) is 6.39. The van der Waals surface area contributed by atoms with Crippen LogP contribution in [0.2, 0.25) is 0 Å². The van der Waals surface area contributed by atoms with E-state index in [9.17, 15) is 4.79 Å². The fourth-order valence-electron chi connectivity index (χ4n) is 4.10. The SMILES string of the molecule is CCCC[C@](C)(c1ccc(-c2ncc(N)nc2C)cc1)c1noc(-c2cnn(CC(=O)N(C)C)c2)n1. The standard InChI is InChI=1S/C26H32N8O2/c1-6-7-12-26(3,20-10-8-18(9-11-20)23-17(2)30-21(27)14-28-23)25-31-24(36-32-25)19-13-29-34(15-19)16-22(35)33(4)5/h8-11,13-15H,6-7,12,16H2,1-5H3,(H2,27,30)/t26-/m1/s1. The Kier molecular flexibility index (Phi) is 7.14. The lowest BCUT2D eigenvalue weighted by molar-refractivity contribution is -0.129. The third kappa shape index (κ3) is 5.12. The Hall–Kier alpha value is -4.08. The summed E-state index contributed by atoms with van der Waals surface area (Å²) in [6, 6.07) is 8.26. The lowest BCUT2D eigenvalue weighted by Gasteiger charge is -2.27. The zero-order valence-corrected chi connectivity index (χ0v) is 21.4. The normalized spacial score (nSPS) is 12.9. The van der Waals surface area contributed by atoms with Crippen LogP contribution in [-0.4, -0.2) is 54.8 Å². The molecule has 1 atom stereocenters. The summed E-state index contributed by atoms with van der Waals surface area (Å²) < 4.78 is 7.21. The predicted octanol–water partition coefficient (Wildman–Crippen LogP) is 3.87. The molecular weight excluding hydrogens is 456 g/mol. The van der Waals surface area contributed by atoms with Gasteiger partial charge in [0.15, 0.2) is 5.82 Å². The van der Waals surface area contributed by atoms with Gasteiger partial charge in [0.1, 0.15) is 12.4 Å². The molecule has 0 unspecified atom stereocenters. The van der Waals surface area contributed by atoms with Crippen molar-refractivity contribution in [3.05, 3.63) is 59.9 Å². The number of carbonyl (C=O) groups excluding carboxylic acids is 1. The highest BCUT2D eigenvalue weighted by Gasteiger charge is 2.34. The first-order valence-corrected chi connectivity index (χ1v) is 12.0. The van der Waals surface area contributed by atoms with Gasteiger partial charge in [-0.25, -0.2) is 4.98 Å². The number of nitrogens with zero attached hydrogens (tertiary/aromatic N) is 7. The molecule has 4 aromatic rings. The highest BCUT2D eigenvalue weighted by molar-refractivity contribution is 5.75. The smallest absolute Gasteiger partial charge is 0.261 e. The van der Waals surface area contributed by atoms with Crippen molar-refractivity contribution >= 4 is 11.7 Å². The Morgan fingerprint density at radius 1 is 1.14 bits per heavy atom. The number of anilines is 1. The summed E-state index contributed by atoms with van der Waals surface area (Å²) in [4.78, 5) is 27.1. The summed E-state index contributed by atoms with van der Waals surface area (Å²) in [6.07, 6.45) is 7.86. The van der Waals surface area contributed by atoms with E-state index in [0.29, 0.717) is 23.1 Å². The maximum atomic E-state index is 12.0. The van der Waals surface area contributed by atoms with Crippen molar-refractivity contribution in [3.8, 4) is 22.7 Å². The number of amides is 1. The topological polar surface area (TPSA) is 129 Å². The molecule has 3 aromatic heterocycles. The largest absolute Gasteiger partial charge is 0.382 e. The van der Waals surface area contributed by atoms with Crippen LogP contribution in [0.15, 0.2) is 47.4 Å². The number of nitrogens with two attached hydrogens (primary N) is 1. The molecule has 0 saturated carbocycles. The minimum absolute atomic E-state index is 0.0494. The zero-order valence-electron chi connectivity index (χ0n) is 21.4. The average molecular weight is 489 g/mol. The molecule has 10 heteroatoms. The second-order valence-electron chi connectivity index (χ2n) is 9.38. The second kappa shape index (κ2) is 10.3. The van der Waals surface area contributed by atoms with Crippen LogP contribution in [0.1, 0.15) is 50.2 Å². The molecule has 0 fully saturated rings. The van der Waals surface area contributed by atoms with Crippen LogP contribution in [0.3, 0.4) is 0 Å². The molecule has 0 spiro atoms. The fraction of sp³-hybridized carbons (Fsp3) is 0.385. The number of benzene rings is 1. The molecule has 1 aromatic carbocycles. The van der Waals surface area contributed by atoms with E-state index in [1.54, 1.807) is 37.4 Å². The number of carbonyl (C=O) groups is 1. The molecule has 36 heavy (non-hydrogen) atoms. The predicted molar refractivity (Wildman–Crippen MR) is 137 cm³/mol. The van der Waals surface area contributed by atoms with Crippen LogP contribution in [0.5, 0.6) is 0 Å². The van der Waals surface area contributed by atoms with Gasteiger partial charge in [0.2, 0.25) is 5.91 Å². The molecular formula is C26H32N8O2. The van der Waals surface area contributed by atoms with Gasteiger partial charge in [0.25, 0.3) is 5.89 Å². The van der Waals surface area contributed by atoms with Crippen molar-refractivity contribution in [1.82, 2.24) is 34.8 Å². The van der Waals surface area contributed by atoms with Gasteiger partial charge in [-0.15, -0.1) is 0 Å². The number of rotatable bonds is 9. The lowest BCUT2D eigenvalue weighted by Crippen LogP contribution is -2.26. The Morgan fingerprint density at radius 2 is 1.89 bits per heavy atom. The van der Waals surface area contributed by atoms with Crippen LogP contribution in [0.4, 0.5) is 5.82 Å². The number of nitrogen functional groups attached to an aromatic ring is 1. The molecule has 2 N–H and O–H groups in total. The lowest BCUT2D eigenvalue weighted by atomic mass is 9.77. The first-order chi connectivity index (χ1) is 17.2. The molecule has 0 bridgehead atoms. The van der Waals surface area contributed by atoms with E-state index >= 15 is 0 Å². The number of unbranched alkanes of at least 4 members (excludes halogenated alkanes) is 1. The molecule has 0 radical (unpaired) electrons. The molecule has 0 aliphatic heterocycles. The number of hydrogen-bond donors (Lipinski definition) is 1. The van der Waals surface area contributed by atoms with Gasteiger partial charge in [0, 0.05) is 25.9 Å². The van der Waals surface area contributed by atoms with Crippen molar-refractivity contribution in [2.75, 3.05) is 19.8 Å². The summed E-state index contributed by atoms with van der Waals surface area (Å²) in [5.74, 6) is 1.34. The average Bonchev–Trinajstić information content (AvgIpc) is 3.53. The molecule has 3 heterocycles. The number of aromatic nitrogens is 6. The minimum Gasteiger partial charge on any atom is -0.382 e. The van der Waals surface area contributed by atoms with Gasteiger partial charge in [-0.2, -0.15) is 10.1 Å². The third-order valence-corrected chi connectivity index (χ3v) is 6.39. The van der Waals surface area contributed by atoms with Crippen LogP contribution >= 0.6 is 0 Å². The Bertz CT molecular complexity index is 1340. The summed E-state index contributed by atoms with van der Waals surface area (Å²) >= 11 is 0. The minimum atomic E-state index is -0.449. The zero-order chi connectivity index (χ0) is 25.9. The maximum Gasteiger partial charge on any atom is 0.261 e. The monoisotopic (exact) mass is 488 g/mol. The van der Waals surface area contributed by atoms with E-state index in [1.807, 2.05) is 19.1 Å². The van der Waals surface area contributed by atoms with E-state index in [1.165, 1.54) is 4.90 Å². The Labute approximate surface area is 210 Å². The first-order valence-electron chi connectivity index (χ1n) is 12.0. The van der Waals surface area contributed by atoms with Gasteiger partial charge >= 0.3 is 0 Å². The van der Waals surface area contributed by atoms with Crippen LogP contribution < -0.4 is 5.73 Å². The van der Waals surface area contributed by atoms with E-state index < -0.39 is 5.41 Å². The summed E-state index contributed by atoms with van der Waals surface area (Å²) in [5, 5.41) is 8.63. The maximum absolute atomic E-state index is 12.0. The molecule has 0 aliphatic rings. The molecule has 1 amide bonds. The highest BCUT2D eigenvalue weighted by atomic mass is 16.5. The number of aryl methyl sites for hydroxylation is 1. The van der Waals surface area contributed by atoms with E-state index in [2.05, 4.69) is 46.2 Å². The molecule has 4 rings (SSSR count). The van der Waals surface area contributed by atoms with Crippen molar-refractivity contribution in [3.63, 3.8) is 0 Å². The Morgan fingerprint density at radius 3 is 2.56 bits per heavy atom. The molecule has 188 valence electrons.